The van der Waals surface area contributed by atoms with Crippen molar-refractivity contribution >= 4 is 22.5 Å². The van der Waals surface area contributed by atoms with Crippen LogP contribution in [0.25, 0.3) is 0 Å². The number of carbonyl (C=O) groups is 1. The molecule has 0 bridgehead atoms. The fourth-order valence-electron chi connectivity index (χ4n) is 1.88. The third kappa shape index (κ3) is 4.04. The number of rotatable bonds is 3. The predicted octanol–water partition coefficient (Wildman–Crippen LogP) is 3.81. The molecule has 0 aliphatic carbocycles. The van der Waals surface area contributed by atoms with E-state index in [2.05, 4.69) is 36.3 Å². The van der Waals surface area contributed by atoms with Crippen molar-refractivity contribution in [2.75, 3.05) is 12.4 Å². The van der Waals surface area contributed by atoms with Gasteiger partial charge in [-0.3, -0.25) is 5.32 Å². The molecule has 118 valence electrons. The molecule has 0 saturated carbocycles. The molecule has 0 radical (unpaired) electrons. The van der Waals surface area contributed by atoms with Crippen LogP contribution < -0.4 is 5.32 Å². The molecule has 6 heteroatoms. The zero-order valence-electron chi connectivity index (χ0n) is 13.7. The summed E-state index contributed by atoms with van der Waals surface area (Å²) in [5.74, 6) is 0. The Morgan fingerprint density at radius 3 is 2.55 bits per heavy atom. The minimum atomic E-state index is -0.181. The molecule has 5 nitrogen and oxygen atoms in total. The average Bonchev–Trinajstić information content (AvgIpc) is 2.89. The first-order chi connectivity index (χ1) is 10.3. The topological polar surface area (TPSA) is 58.1 Å². The Balaban J connectivity index is 2.00. The zero-order valence-corrected chi connectivity index (χ0v) is 14.5. The second kappa shape index (κ2) is 6.44. The monoisotopic (exact) mass is 318 g/mol. The normalized spacial score (nSPS) is 11.3. The molecule has 1 N–H and O–H groups in total. The van der Waals surface area contributed by atoms with E-state index in [0.717, 1.165) is 10.6 Å². The first kappa shape index (κ1) is 16.4. The Hall–Kier alpha value is -1.95. The molecule has 0 unspecified atom stereocenters. The fraction of sp³-hybridized carbons (Fsp3) is 0.438. The van der Waals surface area contributed by atoms with Gasteiger partial charge in [-0.15, -0.1) is 10.2 Å². The van der Waals surface area contributed by atoms with E-state index in [-0.39, 0.29) is 11.4 Å². The number of urea groups is 1. The maximum Gasteiger partial charge on any atom is 0.323 e. The summed E-state index contributed by atoms with van der Waals surface area (Å²) in [6.07, 6.45) is 0. The summed E-state index contributed by atoms with van der Waals surface area (Å²) >= 11 is 1.41. The summed E-state index contributed by atoms with van der Waals surface area (Å²) in [5, 5.41) is 12.4. The molecule has 2 rings (SSSR count). The number of aryl methyl sites for hydroxylation is 1. The SMILES string of the molecule is Cc1ccccc1CN(C)C(=O)Nc1nnc(C(C)(C)C)s1. The number of amides is 2. The molecule has 1 aromatic carbocycles. The standard InChI is InChI=1S/C16H22N4OS/c1-11-8-6-7-9-12(11)10-20(5)15(21)17-14-19-18-13(22-14)16(2,3)4/h6-9H,10H2,1-5H3,(H,17,19,21). The third-order valence-electron chi connectivity index (χ3n) is 3.30. The Morgan fingerprint density at radius 1 is 1.27 bits per heavy atom. The lowest BCUT2D eigenvalue weighted by Gasteiger charge is -2.18. The predicted molar refractivity (Wildman–Crippen MR) is 90.3 cm³/mol. The van der Waals surface area contributed by atoms with Crippen molar-refractivity contribution in [1.29, 1.82) is 0 Å². The van der Waals surface area contributed by atoms with E-state index in [4.69, 9.17) is 0 Å². The average molecular weight is 318 g/mol. The highest BCUT2D eigenvalue weighted by atomic mass is 32.1. The van der Waals surface area contributed by atoms with Crippen molar-refractivity contribution in [2.24, 2.45) is 0 Å². The molecule has 0 aliphatic rings. The highest BCUT2D eigenvalue weighted by Gasteiger charge is 2.20. The van der Waals surface area contributed by atoms with Crippen molar-refractivity contribution < 1.29 is 4.79 Å². The summed E-state index contributed by atoms with van der Waals surface area (Å²) in [4.78, 5) is 13.9. The van der Waals surface area contributed by atoms with E-state index in [1.54, 1.807) is 11.9 Å². The van der Waals surface area contributed by atoms with E-state index < -0.39 is 0 Å². The van der Waals surface area contributed by atoms with Crippen LogP contribution in [-0.4, -0.2) is 28.2 Å². The molecule has 22 heavy (non-hydrogen) atoms. The van der Waals surface area contributed by atoms with Gasteiger partial charge in [-0.25, -0.2) is 4.79 Å². The van der Waals surface area contributed by atoms with Crippen LogP contribution in [0.5, 0.6) is 0 Å². The Labute approximate surface area is 135 Å². The largest absolute Gasteiger partial charge is 0.323 e. The number of hydrogen-bond acceptors (Lipinski definition) is 4. The number of hydrogen-bond donors (Lipinski definition) is 1. The Kier molecular flexibility index (Phi) is 4.81. The number of nitrogens with zero attached hydrogens (tertiary/aromatic N) is 3. The maximum absolute atomic E-state index is 12.2. The van der Waals surface area contributed by atoms with Crippen LogP contribution in [-0.2, 0) is 12.0 Å². The second-order valence-corrected chi connectivity index (χ2v) is 7.35. The van der Waals surface area contributed by atoms with Gasteiger partial charge in [-0.05, 0) is 18.1 Å². The molecular formula is C16H22N4OS. The summed E-state index contributed by atoms with van der Waals surface area (Å²) < 4.78 is 0. The lowest BCUT2D eigenvalue weighted by atomic mass is 9.98. The van der Waals surface area contributed by atoms with Crippen LogP contribution in [0.1, 0.15) is 36.9 Å². The minimum Gasteiger partial charge on any atom is -0.323 e. The summed E-state index contributed by atoms with van der Waals surface area (Å²) in [6, 6.07) is 7.87. The van der Waals surface area contributed by atoms with Crippen molar-refractivity contribution in [3.63, 3.8) is 0 Å². The Morgan fingerprint density at radius 2 is 1.95 bits per heavy atom. The van der Waals surface area contributed by atoms with E-state index >= 15 is 0 Å². The number of carbonyl (C=O) groups excluding carboxylic acids is 1. The van der Waals surface area contributed by atoms with Gasteiger partial charge in [0.1, 0.15) is 5.01 Å². The van der Waals surface area contributed by atoms with Crippen molar-refractivity contribution in [2.45, 2.75) is 39.7 Å². The number of aromatic nitrogens is 2. The highest BCUT2D eigenvalue weighted by molar-refractivity contribution is 7.15. The first-order valence-corrected chi connectivity index (χ1v) is 7.99. The summed E-state index contributed by atoms with van der Waals surface area (Å²) in [5.41, 5.74) is 2.24. The van der Waals surface area contributed by atoms with Gasteiger partial charge in [-0.2, -0.15) is 0 Å². The van der Waals surface area contributed by atoms with Gasteiger partial charge < -0.3 is 4.90 Å². The molecule has 1 aromatic heterocycles. The van der Waals surface area contributed by atoms with Gasteiger partial charge in [0.05, 0.1) is 0 Å². The van der Waals surface area contributed by atoms with Gasteiger partial charge in [0.15, 0.2) is 0 Å². The van der Waals surface area contributed by atoms with Crippen molar-refractivity contribution in [3.05, 3.63) is 40.4 Å². The number of benzene rings is 1. The van der Waals surface area contributed by atoms with Gasteiger partial charge in [0.2, 0.25) is 5.13 Å². The number of nitrogens with one attached hydrogen (secondary N) is 1. The molecule has 0 spiro atoms. The molecule has 0 aliphatic heterocycles. The third-order valence-corrected chi connectivity index (χ3v) is 4.56. The lowest BCUT2D eigenvalue weighted by Crippen LogP contribution is -2.31. The van der Waals surface area contributed by atoms with Gasteiger partial charge in [0, 0.05) is 19.0 Å². The van der Waals surface area contributed by atoms with E-state index in [9.17, 15) is 4.79 Å². The first-order valence-electron chi connectivity index (χ1n) is 7.18. The van der Waals surface area contributed by atoms with E-state index in [1.807, 2.05) is 31.2 Å². The van der Waals surface area contributed by atoms with Crippen LogP contribution in [0.3, 0.4) is 0 Å². The highest BCUT2D eigenvalue weighted by Crippen LogP contribution is 2.27. The molecule has 0 fully saturated rings. The van der Waals surface area contributed by atoms with Gasteiger partial charge >= 0.3 is 6.03 Å². The summed E-state index contributed by atoms with van der Waals surface area (Å²) in [7, 11) is 1.77. The van der Waals surface area contributed by atoms with Crippen LogP contribution in [0.4, 0.5) is 9.93 Å². The van der Waals surface area contributed by atoms with Crippen molar-refractivity contribution in [1.82, 2.24) is 15.1 Å². The quantitative estimate of drug-likeness (QED) is 0.936. The molecule has 2 aromatic rings. The van der Waals surface area contributed by atoms with Crippen molar-refractivity contribution in [3.8, 4) is 0 Å². The van der Waals surface area contributed by atoms with Gasteiger partial charge in [0.25, 0.3) is 0 Å². The second-order valence-electron chi connectivity index (χ2n) is 6.38. The van der Waals surface area contributed by atoms with Crippen LogP contribution >= 0.6 is 11.3 Å². The fourth-order valence-corrected chi connectivity index (χ4v) is 2.67. The zero-order chi connectivity index (χ0) is 16.3. The lowest BCUT2D eigenvalue weighted by molar-refractivity contribution is 0.220. The molecule has 0 atom stereocenters. The van der Waals surface area contributed by atoms with Gasteiger partial charge in [-0.1, -0.05) is 56.4 Å². The molecular weight excluding hydrogens is 296 g/mol. The smallest absolute Gasteiger partial charge is 0.323 e. The molecule has 1 heterocycles. The van der Waals surface area contributed by atoms with Crippen LogP contribution in [0.2, 0.25) is 0 Å². The molecule has 2 amide bonds. The van der Waals surface area contributed by atoms with E-state index in [1.165, 1.54) is 16.9 Å². The van der Waals surface area contributed by atoms with Crippen LogP contribution in [0.15, 0.2) is 24.3 Å². The molecule has 0 saturated heterocycles. The number of anilines is 1. The van der Waals surface area contributed by atoms with E-state index in [0.29, 0.717) is 11.7 Å². The van der Waals surface area contributed by atoms with Crippen LogP contribution in [0, 0.1) is 6.92 Å². The Bertz CT molecular complexity index is 660. The maximum atomic E-state index is 12.2. The minimum absolute atomic E-state index is 0.0618. The summed E-state index contributed by atoms with van der Waals surface area (Å²) in [6.45, 7) is 8.82.